The number of aromatic nitrogens is 3. The molecule has 1 aliphatic heterocycles. The first-order chi connectivity index (χ1) is 12.1. The number of benzene rings is 1. The average molecular weight is 363 g/mol. The topological polar surface area (TPSA) is 75.0 Å². The van der Waals surface area contributed by atoms with Crippen LogP contribution in [0.3, 0.4) is 0 Å². The molecular formula is C17H16ClFN4O2. The van der Waals surface area contributed by atoms with Gasteiger partial charge < -0.3 is 14.4 Å². The van der Waals surface area contributed by atoms with Crippen LogP contribution in [0, 0.1) is 5.82 Å². The molecule has 1 N–H and O–H groups in total. The molecule has 1 atom stereocenters. The number of imidazole rings is 1. The van der Waals surface area contributed by atoms with Crippen molar-refractivity contribution < 1.29 is 13.7 Å². The Morgan fingerprint density at radius 3 is 3.12 bits per heavy atom. The number of amides is 1. The van der Waals surface area contributed by atoms with Crippen molar-refractivity contribution in [3.05, 3.63) is 46.8 Å². The van der Waals surface area contributed by atoms with E-state index in [9.17, 15) is 9.18 Å². The van der Waals surface area contributed by atoms with Crippen molar-refractivity contribution in [2.24, 2.45) is 0 Å². The monoisotopic (exact) mass is 362 g/mol. The fourth-order valence-corrected chi connectivity index (χ4v) is 3.44. The molecule has 8 heteroatoms. The molecule has 1 fully saturated rings. The summed E-state index contributed by atoms with van der Waals surface area (Å²) in [5.74, 6) is 1.01. The van der Waals surface area contributed by atoms with E-state index in [-0.39, 0.29) is 22.9 Å². The molecule has 1 aliphatic rings. The van der Waals surface area contributed by atoms with Crippen molar-refractivity contribution in [1.82, 2.24) is 20.0 Å². The number of halogens is 2. The lowest BCUT2D eigenvalue weighted by molar-refractivity contribution is -0.132. The van der Waals surface area contributed by atoms with Gasteiger partial charge >= 0.3 is 0 Å². The molecule has 2 aromatic heterocycles. The van der Waals surface area contributed by atoms with Crippen molar-refractivity contribution in [2.45, 2.75) is 31.7 Å². The fourth-order valence-electron chi connectivity index (χ4n) is 3.29. The Morgan fingerprint density at radius 1 is 1.44 bits per heavy atom. The molecular weight excluding hydrogens is 347 g/mol. The Morgan fingerprint density at radius 2 is 2.32 bits per heavy atom. The van der Waals surface area contributed by atoms with Crippen LogP contribution >= 0.6 is 11.6 Å². The summed E-state index contributed by atoms with van der Waals surface area (Å²) in [6, 6.07) is 5.94. The Bertz CT molecular complexity index is 922. The van der Waals surface area contributed by atoms with Gasteiger partial charge in [0.25, 0.3) is 0 Å². The van der Waals surface area contributed by atoms with Gasteiger partial charge in [-0.2, -0.15) is 0 Å². The quantitative estimate of drug-likeness (QED) is 0.768. The van der Waals surface area contributed by atoms with Gasteiger partial charge in [-0.05, 0) is 31.0 Å². The first-order valence-electron chi connectivity index (χ1n) is 8.16. The SMILES string of the molecule is O=C(CCc1cc(Cl)no1)N1CCC[C@@H]1c1nc2ccc(F)cc2[nH]1. The van der Waals surface area contributed by atoms with Gasteiger partial charge in [-0.25, -0.2) is 9.37 Å². The highest BCUT2D eigenvalue weighted by atomic mass is 35.5. The molecule has 3 heterocycles. The lowest BCUT2D eigenvalue weighted by atomic mass is 10.2. The lowest BCUT2D eigenvalue weighted by Gasteiger charge is -2.23. The van der Waals surface area contributed by atoms with E-state index in [1.165, 1.54) is 12.1 Å². The molecule has 130 valence electrons. The zero-order chi connectivity index (χ0) is 17.4. The van der Waals surface area contributed by atoms with Crippen molar-refractivity contribution in [2.75, 3.05) is 6.54 Å². The number of carbonyl (C=O) groups is 1. The summed E-state index contributed by atoms with van der Waals surface area (Å²) < 4.78 is 18.4. The maximum absolute atomic E-state index is 13.4. The molecule has 0 radical (unpaired) electrons. The third kappa shape index (κ3) is 3.24. The molecule has 4 rings (SSSR count). The van der Waals surface area contributed by atoms with Crippen LogP contribution in [0.15, 0.2) is 28.8 Å². The van der Waals surface area contributed by atoms with Crippen molar-refractivity contribution in [3.63, 3.8) is 0 Å². The fraction of sp³-hybridized carbons (Fsp3) is 0.353. The minimum absolute atomic E-state index is 0.0293. The normalized spacial score (nSPS) is 17.5. The zero-order valence-electron chi connectivity index (χ0n) is 13.3. The number of H-pyrrole nitrogens is 1. The van der Waals surface area contributed by atoms with Crippen LogP contribution in [0.2, 0.25) is 5.15 Å². The summed E-state index contributed by atoms with van der Waals surface area (Å²) in [5, 5.41) is 3.89. The highest BCUT2D eigenvalue weighted by Crippen LogP contribution is 2.32. The van der Waals surface area contributed by atoms with E-state index in [1.807, 2.05) is 4.90 Å². The minimum Gasteiger partial charge on any atom is -0.360 e. The van der Waals surface area contributed by atoms with E-state index in [4.69, 9.17) is 16.1 Å². The van der Waals surface area contributed by atoms with Gasteiger partial charge in [0.05, 0.1) is 17.1 Å². The number of fused-ring (bicyclic) bond motifs is 1. The van der Waals surface area contributed by atoms with E-state index in [2.05, 4.69) is 15.1 Å². The minimum atomic E-state index is -0.312. The molecule has 0 saturated carbocycles. The number of nitrogens with zero attached hydrogens (tertiary/aromatic N) is 3. The van der Waals surface area contributed by atoms with E-state index >= 15 is 0 Å². The molecule has 1 aromatic carbocycles. The summed E-state index contributed by atoms with van der Waals surface area (Å²) in [7, 11) is 0. The average Bonchev–Trinajstić information content (AvgIpc) is 3.30. The Balaban J connectivity index is 1.49. The number of nitrogens with one attached hydrogen (secondary N) is 1. The highest BCUT2D eigenvalue weighted by Gasteiger charge is 2.32. The maximum Gasteiger partial charge on any atom is 0.223 e. The molecule has 0 aliphatic carbocycles. The molecule has 1 saturated heterocycles. The van der Waals surface area contributed by atoms with Gasteiger partial charge in [-0.15, -0.1) is 0 Å². The van der Waals surface area contributed by atoms with Gasteiger partial charge in [0.1, 0.15) is 17.4 Å². The van der Waals surface area contributed by atoms with Gasteiger partial charge in [0.15, 0.2) is 5.15 Å². The number of rotatable bonds is 4. The van der Waals surface area contributed by atoms with Crippen molar-refractivity contribution in [3.8, 4) is 0 Å². The summed E-state index contributed by atoms with van der Waals surface area (Å²) >= 11 is 5.72. The van der Waals surface area contributed by atoms with Crippen LogP contribution in [-0.4, -0.2) is 32.5 Å². The van der Waals surface area contributed by atoms with Crippen LogP contribution in [0.4, 0.5) is 4.39 Å². The van der Waals surface area contributed by atoms with Crippen molar-refractivity contribution >= 4 is 28.5 Å². The molecule has 6 nitrogen and oxygen atoms in total. The third-order valence-electron chi connectivity index (χ3n) is 4.47. The second-order valence-corrected chi connectivity index (χ2v) is 6.53. The summed E-state index contributed by atoms with van der Waals surface area (Å²) in [6.45, 7) is 0.687. The Kier molecular flexibility index (Phi) is 4.17. The number of hydrogen-bond donors (Lipinski definition) is 1. The predicted molar refractivity (Wildman–Crippen MR) is 89.6 cm³/mol. The second-order valence-electron chi connectivity index (χ2n) is 6.14. The molecule has 1 amide bonds. The van der Waals surface area contributed by atoms with E-state index in [0.29, 0.717) is 42.0 Å². The maximum atomic E-state index is 13.4. The second kappa shape index (κ2) is 6.48. The summed E-state index contributed by atoms with van der Waals surface area (Å²) in [6.07, 6.45) is 2.52. The standard InChI is InChI=1S/C17H16ClFN4O2/c18-15-9-11(25-22-15)4-6-16(24)23-7-1-2-14(23)17-20-12-5-3-10(19)8-13(12)21-17/h3,5,8-9,14H,1-2,4,6-7H2,(H,20,21)/t14-/m1/s1. The highest BCUT2D eigenvalue weighted by molar-refractivity contribution is 6.29. The number of likely N-dealkylation sites (tertiary alicyclic amines) is 1. The molecule has 3 aromatic rings. The third-order valence-corrected chi connectivity index (χ3v) is 4.64. The van der Waals surface area contributed by atoms with Crippen LogP contribution in [-0.2, 0) is 11.2 Å². The smallest absolute Gasteiger partial charge is 0.223 e. The Labute approximate surface area is 148 Å². The number of carbonyl (C=O) groups excluding carboxylic acids is 1. The van der Waals surface area contributed by atoms with E-state index in [1.54, 1.807) is 12.1 Å². The number of hydrogen-bond acceptors (Lipinski definition) is 4. The Hall–Kier alpha value is -2.41. The molecule has 0 unspecified atom stereocenters. The first-order valence-corrected chi connectivity index (χ1v) is 8.54. The van der Waals surface area contributed by atoms with Gasteiger partial charge in [-0.1, -0.05) is 16.8 Å². The van der Waals surface area contributed by atoms with Crippen LogP contribution in [0.25, 0.3) is 11.0 Å². The van der Waals surface area contributed by atoms with Crippen LogP contribution in [0.5, 0.6) is 0 Å². The molecule has 0 bridgehead atoms. The van der Waals surface area contributed by atoms with Crippen LogP contribution < -0.4 is 0 Å². The predicted octanol–water partition coefficient (Wildman–Crippen LogP) is 3.64. The number of aromatic amines is 1. The molecule has 0 spiro atoms. The summed E-state index contributed by atoms with van der Waals surface area (Å²) in [4.78, 5) is 22.1. The van der Waals surface area contributed by atoms with Gasteiger partial charge in [0, 0.05) is 25.5 Å². The van der Waals surface area contributed by atoms with Crippen LogP contribution in [0.1, 0.15) is 36.9 Å². The molecule has 25 heavy (non-hydrogen) atoms. The van der Waals surface area contributed by atoms with Gasteiger partial charge in [-0.3, -0.25) is 4.79 Å². The van der Waals surface area contributed by atoms with E-state index < -0.39 is 0 Å². The van der Waals surface area contributed by atoms with Gasteiger partial charge in [0.2, 0.25) is 5.91 Å². The largest absolute Gasteiger partial charge is 0.360 e. The summed E-state index contributed by atoms with van der Waals surface area (Å²) in [5.41, 5.74) is 1.35. The van der Waals surface area contributed by atoms with E-state index in [0.717, 1.165) is 12.8 Å². The zero-order valence-corrected chi connectivity index (χ0v) is 14.1. The lowest BCUT2D eigenvalue weighted by Crippen LogP contribution is -2.31. The number of aryl methyl sites for hydroxylation is 1. The first kappa shape index (κ1) is 16.1. The van der Waals surface area contributed by atoms with Crippen molar-refractivity contribution in [1.29, 1.82) is 0 Å².